The van der Waals surface area contributed by atoms with Crippen LogP contribution in [0.4, 0.5) is 4.79 Å². The zero-order valence-corrected chi connectivity index (χ0v) is 20.7. The molecule has 184 valence electrons. The average Bonchev–Trinajstić information content (AvgIpc) is 3.28. The van der Waals surface area contributed by atoms with Gasteiger partial charge in [0.15, 0.2) is 0 Å². The van der Waals surface area contributed by atoms with Gasteiger partial charge in [0.25, 0.3) is 5.91 Å². The summed E-state index contributed by atoms with van der Waals surface area (Å²) >= 11 is 0. The minimum atomic E-state index is -0.479. The minimum absolute atomic E-state index is 0.0187. The molecule has 2 N–H and O–H groups in total. The van der Waals surface area contributed by atoms with Crippen LogP contribution in [0.15, 0.2) is 48.5 Å². The van der Waals surface area contributed by atoms with Crippen molar-refractivity contribution in [2.24, 2.45) is 11.8 Å². The number of rotatable bonds is 10. The molecule has 1 aliphatic rings. The summed E-state index contributed by atoms with van der Waals surface area (Å²) in [7, 11) is 2.94. The second-order valence-corrected chi connectivity index (χ2v) is 9.11. The smallest absolute Gasteiger partial charge is 0.406 e. The third-order valence-electron chi connectivity index (χ3n) is 6.51. The molecule has 0 spiro atoms. The van der Waals surface area contributed by atoms with Gasteiger partial charge < -0.3 is 25.0 Å². The maximum Gasteiger partial charge on any atom is 0.406 e. The van der Waals surface area contributed by atoms with Crippen molar-refractivity contribution in [3.05, 3.63) is 65.2 Å². The fourth-order valence-corrected chi connectivity index (χ4v) is 4.58. The molecule has 0 saturated carbocycles. The van der Waals surface area contributed by atoms with Gasteiger partial charge in [-0.1, -0.05) is 30.3 Å². The maximum absolute atomic E-state index is 13.6. The molecule has 2 amide bonds. The van der Waals surface area contributed by atoms with Gasteiger partial charge in [0.2, 0.25) is 0 Å². The number of benzene rings is 2. The zero-order chi connectivity index (χ0) is 24.5. The van der Waals surface area contributed by atoms with Crippen molar-refractivity contribution in [3.63, 3.8) is 0 Å². The van der Waals surface area contributed by atoms with Crippen LogP contribution in [0.1, 0.15) is 35.3 Å². The molecule has 7 nitrogen and oxygen atoms in total. The molecular weight excluding hydrogens is 430 g/mol. The molecule has 3 rings (SSSR count). The van der Waals surface area contributed by atoms with Gasteiger partial charge in [-0.15, -0.1) is 0 Å². The lowest BCUT2D eigenvalue weighted by Crippen LogP contribution is -2.42. The summed E-state index contributed by atoms with van der Waals surface area (Å²) in [6.07, 6.45) is 1.07. The van der Waals surface area contributed by atoms with E-state index in [0.717, 1.165) is 25.1 Å². The highest BCUT2D eigenvalue weighted by molar-refractivity contribution is 5.94. The third-order valence-corrected chi connectivity index (χ3v) is 6.51. The van der Waals surface area contributed by atoms with E-state index in [2.05, 4.69) is 53.5 Å². The second-order valence-electron chi connectivity index (χ2n) is 9.11. The Morgan fingerprint density at radius 1 is 1.09 bits per heavy atom. The first-order valence-electron chi connectivity index (χ1n) is 12.0. The number of hydrogen-bond acceptors (Lipinski definition) is 5. The van der Waals surface area contributed by atoms with Gasteiger partial charge in [-0.3, -0.25) is 4.79 Å². The number of methoxy groups -OCH3 is 2. The van der Waals surface area contributed by atoms with Gasteiger partial charge in [0, 0.05) is 24.7 Å². The first-order chi connectivity index (χ1) is 16.4. The number of nitrogens with zero attached hydrogens (tertiary/aromatic N) is 1. The largest absolute Gasteiger partial charge is 0.496 e. The molecule has 0 radical (unpaired) electrons. The predicted octanol–water partition coefficient (Wildman–Crippen LogP) is 3.52. The highest BCUT2D eigenvalue weighted by atomic mass is 16.5. The molecule has 0 aliphatic carbocycles. The monoisotopic (exact) mass is 467 g/mol. The Morgan fingerprint density at radius 2 is 1.82 bits per heavy atom. The maximum atomic E-state index is 13.6. The molecule has 1 saturated heterocycles. The van der Waals surface area contributed by atoms with Crippen molar-refractivity contribution in [2.45, 2.75) is 32.7 Å². The van der Waals surface area contributed by atoms with Crippen LogP contribution in [0.25, 0.3) is 0 Å². The lowest BCUT2D eigenvalue weighted by molar-refractivity contribution is 0.0662. The summed E-state index contributed by atoms with van der Waals surface area (Å²) < 4.78 is 10.1. The normalized spacial score (nSPS) is 17.4. The Kier molecular flexibility index (Phi) is 9.33. The predicted molar refractivity (Wildman–Crippen MR) is 133 cm³/mol. The van der Waals surface area contributed by atoms with E-state index in [4.69, 9.17) is 4.74 Å². The van der Waals surface area contributed by atoms with Crippen LogP contribution in [-0.4, -0.2) is 63.3 Å². The van der Waals surface area contributed by atoms with Crippen LogP contribution in [-0.2, 0) is 17.6 Å². The Labute approximate surface area is 202 Å². The topological polar surface area (TPSA) is 79.9 Å². The number of carbonyl (C=O) groups excluding carboxylic acids is 2. The summed E-state index contributed by atoms with van der Waals surface area (Å²) in [5.74, 6) is 1.60. The van der Waals surface area contributed by atoms with Crippen LogP contribution >= 0.6 is 0 Å². The Morgan fingerprint density at radius 3 is 2.50 bits per heavy atom. The van der Waals surface area contributed by atoms with Crippen LogP contribution in [0.3, 0.4) is 0 Å². The first kappa shape index (κ1) is 25.6. The number of ether oxygens (including phenoxy) is 2. The molecule has 2 aromatic carbocycles. The molecule has 1 heterocycles. The molecular formula is C27H37N3O4. The molecule has 0 bridgehead atoms. The van der Waals surface area contributed by atoms with E-state index in [1.165, 1.54) is 12.7 Å². The molecule has 7 heteroatoms. The fourth-order valence-electron chi connectivity index (χ4n) is 4.58. The molecule has 0 unspecified atom stereocenters. The molecule has 0 aromatic heterocycles. The Balaban J connectivity index is 1.72. The molecule has 1 aliphatic heterocycles. The van der Waals surface area contributed by atoms with Crippen molar-refractivity contribution in [3.8, 4) is 5.75 Å². The van der Waals surface area contributed by atoms with E-state index >= 15 is 0 Å². The van der Waals surface area contributed by atoms with Crippen LogP contribution in [0.2, 0.25) is 0 Å². The highest BCUT2D eigenvalue weighted by Crippen LogP contribution is 2.26. The minimum Gasteiger partial charge on any atom is -0.496 e. The number of carbonyl (C=O) groups is 2. The number of amides is 2. The number of nitrogens with one attached hydrogen (secondary N) is 2. The van der Waals surface area contributed by atoms with Crippen molar-refractivity contribution in [1.29, 1.82) is 0 Å². The number of alkyl carbamates (subject to hydrolysis) is 1. The molecule has 2 atom stereocenters. The van der Waals surface area contributed by atoms with Gasteiger partial charge in [0.1, 0.15) is 5.75 Å². The highest BCUT2D eigenvalue weighted by Gasteiger charge is 2.31. The fraction of sp³-hybridized carbons (Fsp3) is 0.481. The lowest BCUT2D eigenvalue weighted by Gasteiger charge is -2.32. The van der Waals surface area contributed by atoms with Crippen LogP contribution in [0, 0.1) is 11.8 Å². The van der Waals surface area contributed by atoms with Gasteiger partial charge in [-0.25, -0.2) is 4.79 Å². The SMILES string of the molecule is COC(=O)NCCc1cc(C(=O)N(C[C@H]2CNC[C@@H]2Cc2ccccc2)C(C)C)ccc1OC. The summed E-state index contributed by atoms with van der Waals surface area (Å²) in [6.45, 7) is 7.13. The molecule has 1 fully saturated rings. The first-order valence-corrected chi connectivity index (χ1v) is 12.0. The average molecular weight is 468 g/mol. The van der Waals surface area contributed by atoms with E-state index in [1.807, 2.05) is 29.2 Å². The number of hydrogen-bond donors (Lipinski definition) is 2. The van der Waals surface area contributed by atoms with E-state index in [-0.39, 0.29) is 11.9 Å². The van der Waals surface area contributed by atoms with Crippen molar-refractivity contribution in [1.82, 2.24) is 15.5 Å². The van der Waals surface area contributed by atoms with E-state index in [9.17, 15) is 9.59 Å². The summed E-state index contributed by atoms with van der Waals surface area (Å²) in [5.41, 5.74) is 2.84. The van der Waals surface area contributed by atoms with Gasteiger partial charge in [0.05, 0.1) is 14.2 Å². The standard InChI is InChI=1S/C27H37N3O4/c1-19(2)30(18-24-17-28-16-23(24)14-20-8-6-5-7-9-20)26(31)22-10-11-25(33-3)21(15-22)12-13-29-27(32)34-4/h5-11,15,19,23-24,28H,12-14,16-18H2,1-4H3,(H,29,32)/t23-,24+/m0/s1. The second kappa shape index (κ2) is 12.4. The third kappa shape index (κ3) is 6.73. The van der Waals surface area contributed by atoms with Crippen molar-refractivity contribution < 1.29 is 19.1 Å². The Hall–Kier alpha value is -3.06. The summed E-state index contributed by atoms with van der Waals surface area (Å²) in [6, 6.07) is 16.2. The van der Waals surface area contributed by atoms with Crippen molar-refractivity contribution >= 4 is 12.0 Å². The summed E-state index contributed by atoms with van der Waals surface area (Å²) in [4.78, 5) is 26.9. The van der Waals surface area contributed by atoms with Gasteiger partial charge in [-0.2, -0.15) is 0 Å². The van der Waals surface area contributed by atoms with E-state index in [1.54, 1.807) is 7.11 Å². The van der Waals surface area contributed by atoms with Gasteiger partial charge in [-0.05, 0) is 80.9 Å². The molecule has 34 heavy (non-hydrogen) atoms. The van der Waals surface area contributed by atoms with Crippen LogP contribution < -0.4 is 15.4 Å². The van der Waals surface area contributed by atoms with Crippen molar-refractivity contribution in [2.75, 3.05) is 40.4 Å². The Bertz CT molecular complexity index is 948. The molecule has 2 aromatic rings. The van der Waals surface area contributed by atoms with Gasteiger partial charge >= 0.3 is 6.09 Å². The summed E-state index contributed by atoms with van der Waals surface area (Å²) in [5, 5.41) is 6.20. The quantitative estimate of drug-likeness (QED) is 0.559. The van der Waals surface area contributed by atoms with E-state index in [0.29, 0.717) is 42.7 Å². The lowest BCUT2D eigenvalue weighted by atomic mass is 9.89. The zero-order valence-electron chi connectivity index (χ0n) is 20.7. The van der Waals surface area contributed by atoms with E-state index < -0.39 is 6.09 Å². The van der Waals surface area contributed by atoms with Crippen LogP contribution in [0.5, 0.6) is 5.75 Å².